The standard InChI is InChI=1S/C20H22N4O5/c1-3-29-18-11-13(16(24(26)27)12-17(18)28-2)20(25)21-10-6-9-19-22-14-7-4-5-8-15(14)23-19/h4-5,7-8,11-12H,3,6,9-10H2,1-2H3,(H,21,25)(H,22,23). The summed E-state index contributed by atoms with van der Waals surface area (Å²) >= 11 is 0. The van der Waals surface area contributed by atoms with Gasteiger partial charge in [-0.1, -0.05) is 12.1 Å². The molecule has 0 aliphatic rings. The van der Waals surface area contributed by atoms with Gasteiger partial charge in [-0.25, -0.2) is 4.98 Å². The number of hydrogen-bond donors (Lipinski definition) is 2. The number of aromatic nitrogens is 2. The molecule has 0 radical (unpaired) electrons. The number of carbonyl (C=O) groups is 1. The summed E-state index contributed by atoms with van der Waals surface area (Å²) in [5, 5.41) is 14.1. The minimum Gasteiger partial charge on any atom is -0.493 e. The van der Waals surface area contributed by atoms with Crippen LogP contribution in [0.3, 0.4) is 0 Å². The Kier molecular flexibility index (Phi) is 6.28. The molecule has 1 aromatic heterocycles. The lowest BCUT2D eigenvalue weighted by Gasteiger charge is -2.12. The molecule has 0 aliphatic heterocycles. The van der Waals surface area contributed by atoms with Crippen LogP contribution in [0.25, 0.3) is 11.0 Å². The summed E-state index contributed by atoms with van der Waals surface area (Å²) in [4.78, 5) is 31.0. The molecular weight excluding hydrogens is 376 g/mol. The van der Waals surface area contributed by atoms with Crippen molar-refractivity contribution in [2.45, 2.75) is 19.8 Å². The van der Waals surface area contributed by atoms with E-state index in [2.05, 4.69) is 15.3 Å². The maximum Gasteiger partial charge on any atom is 0.286 e. The third-order valence-corrected chi connectivity index (χ3v) is 4.34. The van der Waals surface area contributed by atoms with Crippen molar-refractivity contribution in [1.82, 2.24) is 15.3 Å². The molecule has 1 amide bonds. The predicted molar refractivity (Wildman–Crippen MR) is 108 cm³/mol. The van der Waals surface area contributed by atoms with Gasteiger partial charge in [0.05, 0.1) is 35.7 Å². The Morgan fingerprint density at radius 3 is 2.76 bits per heavy atom. The Bertz CT molecular complexity index is 998. The van der Waals surface area contributed by atoms with Gasteiger partial charge < -0.3 is 19.8 Å². The number of nitro benzene ring substituents is 1. The molecule has 2 aromatic carbocycles. The molecule has 3 rings (SSSR count). The molecule has 9 nitrogen and oxygen atoms in total. The molecule has 9 heteroatoms. The first kappa shape index (κ1) is 20.1. The van der Waals surface area contributed by atoms with Gasteiger partial charge in [-0.05, 0) is 25.5 Å². The number of nitrogens with zero attached hydrogens (tertiary/aromatic N) is 2. The zero-order valence-corrected chi connectivity index (χ0v) is 16.2. The number of amides is 1. The molecule has 0 unspecified atom stereocenters. The van der Waals surface area contributed by atoms with Gasteiger partial charge in [0.15, 0.2) is 11.5 Å². The average Bonchev–Trinajstić information content (AvgIpc) is 3.13. The van der Waals surface area contributed by atoms with E-state index in [0.717, 1.165) is 16.9 Å². The van der Waals surface area contributed by atoms with E-state index in [-0.39, 0.29) is 22.7 Å². The van der Waals surface area contributed by atoms with Crippen LogP contribution < -0.4 is 14.8 Å². The largest absolute Gasteiger partial charge is 0.493 e. The van der Waals surface area contributed by atoms with Crippen LogP contribution in [0, 0.1) is 10.1 Å². The molecule has 2 N–H and O–H groups in total. The lowest BCUT2D eigenvalue weighted by Crippen LogP contribution is -2.25. The molecule has 1 heterocycles. The summed E-state index contributed by atoms with van der Waals surface area (Å²) in [6.45, 7) is 2.47. The SMILES string of the molecule is CCOc1cc(C(=O)NCCCc2nc3ccccc3[nH]2)c([N+](=O)[O-])cc1OC. The van der Waals surface area contributed by atoms with E-state index in [9.17, 15) is 14.9 Å². The quantitative estimate of drug-likeness (QED) is 0.324. The van der Waals surface area contributed by atoms with Crippen molar-refractivity contribution in [3.05, 3.63) is 57.9 Å². The lowest BCUT2D eigenvalue weighted by atomic mass is 10.1. The molecule has 0 bridgehead atoms. The highest BCUT2D eigenvalue weighted by Gasteiger charge is 2.24. The van der Waals surface area contributed by atoms with Crippen LogP contribution in [0.5, 0.6) is 11.5 Å². The van der Waals surface area contributed by atoms with Crippen LogP contribution in [0.15, 0.2) is 36.4 Å². The number of benzene rings is 2. The van der Waals surface area contributed by atoms with Crippen LogP contribution in [0.2, 0.25) is 0 Å². The highest BCUT2D eigenvalue weighted by atomic mass is 16.6. The number of imidazole rings is 1. The Balaban J connectivity index is 1.66. The van der Waals surface area contributed by atoms with E-state index < -0.39 is 10.8 Å². The average molecular weight is 398 g/mol. The molecule has 0 atom stereocenters. The number of nitro groups is 1. The molecule has 0 fully saturated rings. The Labute approximate surface area is 167 Å². The number of ether oxygens (including phenoxy) is 2. The second-order valence-corrected chi connectivity index (χ2v) is 6.27. The second-order valence-electron chi connectivity index (χ2n) is 6.27. The Morgan fingerprint density at radius 2 is 2.07 bits per heavy atom. The molecule has 0 saturated carbocycles. The number of fused-ring (bicyclic) bond motifs is 1. The number of aryl methyl sites for hydroxylation is 1. The zero-order chi connectivity index (χ0) is 20.8. The van der Waals surface area contributed by atoms with Gasteiger partial charge in [0, 0.05) is 19.0 Å². The van der Waals surface area contributed by atoms with Gasteiger partial charge in [0.1, 0.15) is 11.4 Å². The number of carbonyl (C=O) groups excluding carboxylic acids is 1. The third-order valence-electron chi connectivity index (χ3n) is 4.34. The Hall–Kier alpha value is -3.62. The van der Waals surface area contributed by atoms with Gasteiger partial charge >= 0.3 is 0 Å². The summed E-state index contributed by atoms with van der Waals surface area (Å²) in [6, 6.07) is 10.3. The smallest absolute Gasteiger partial charge is 0.286 e. The highest BCUT2D eigenvalue weighted by Crippen LogP contribution is 2.34. The summed E-state index contributed by atoms with van der Waals surface area (Å²) in [5.41, 5.74) is 1.45. The minimum atomic E-state index is -0.610. The Morgan fingerprint density at radius 1 is 1.28 bits per heavy atom. The summed E-state index contributed by atoms with van der Waals surface area (Å²) in [6.07, 6.45) is 1.28. The van der Waals surface area contributed by atoms with Gasteiger partial charge in [-0.2, -0.15) is 0 Å². The first-order valence-electron chi connectivity index (χ1n) is 9.24. The summed E-state index contributed by atoms with van der Waals surface area (Å²) < 4.78 is 10.6. The number of aromatic amines is 1. The second kappa shape index (κ2) is 9.05. The number of para-hydroxylation sites is 2. The first-order chi connectivity index (χ1) is 14.0. The van der Waals surface area contributed by atoms with Crippen molar-refractivity contribution < 1.29 is 19.2 Å². The number of hydrogen-bond acceptors (Lipinski definition) is 6. The van der Waals surface area contributed by atoms with Gasteiger partial charge in [0.2, 0.25) is 0 Å². The van der Waals surface area contributed by atoms with Crippen molar-refractivity contribution >= 4 is 22.6 Å². The fourth-order valence-corrected chi connectivity index (χ4v) is 2.99. The van der Waals surface area contributed by atoms with E-state index in [1.54, 1.807) is 6.92 Å². The number of rotatable bonds is 9. The number of methoxy groups -OCH3 is 1. The van der Waals surface area contributed by atoms with Crippen molar-refractivity contribution in [1.29, 1.82) is 0 Å². The molecule has 152 valence electrons. The van der Waals surface area contributed by atoms with Crippen molar-refractivity contribution in [3.63, 3.8) is 0 Å². The van der Waals surface area contributed by atoms with Crippen LogP contribution in [-0.4, -0.2) is 41.1 Å². The van der Waals surface area contributed by atoms with Crippen molar-refractivity contribution in [2.75, 3.05) is 20.3 Å². The summed E-state index contributed by atoms with van der Waals surface area (Å²) in [7, 11) is 1.39. The lowest BCUT2D eigenvalue weighted by molar-refractivity contribution is -0.385. The first-order valence-corrected chi connectivity index (χ1v) is 9.24. The highest BCUT2D eigenvalue weighted by molar-refractivity contribution is 5.99. The number of nitrogens with one attached hydrogen (secondary N) is 2. The topological polar surface area (TPSA) is 119 Å². The maximum atomic E-state index is 12.5. The normalized spacial score (nSPS) is 10.7. The predicted octanol–water partition coefficient (Wildman–Crippen LogP) is 3.24. The van der Waals surface area contributed by atoms with Crippen molar-refractivity contribution in [2.24, 2.45) is 0 Å². The molecule has 0 spiro atoms. The van der Waals surface area contributed by atoms with Crippen molar-refractivity contribution in [3.8, 4) is 11.5 Å². The third kappa shape index (κ3) is 4.63. The van der Waals surface area contributed by atoms with Gasteiger partial charge in [-0.3, -0.25) is 14.9 Å². The van der Waals surface area contributed by atoms with E-state index in [1.165, 1.54) is 19.2 Å². The molecule has 0 saturated heterocycles. The van der Waals surface area contributed by atoms with Crippen LogP contribution >= 0.6 is 0 Å². The molecule has 0 aliphatic carbocycles. The number of H-pyrrole nitrogens is 1. The molecular formula is C20H22N4O5. The van der Waals surface area contributed by atoms with E-state index >= 15 is 0 Å². The van der Waals surface area contributed by atoms with E-state index in [0.29, 0.717) is 26.0 Å². The van der Waals surface area contributed by atoms with Gasteiger partial charge in [0.25, 0.3) is 11.6 Å². The van der Waals surface area contributed by atoms with Gasteiger partial charge in [-0.15, -0.1) is 0 Å². The van der Waals surface area contributed by atoms with Crippen LogP contribution in [0.1, 0.15) is 29.5 Å². The zero-order valence-electron chi connectivity index (χ0n) is 16.2. The maximum absolute atomic E-state index is 12.5. The minimum absolute atomic E-state index is 0.0667. The van der Waals surface area contributed by atoms with E-state index in [1.807, 2.05) is 24.3 Å². The molecule has 29 heavy (non-hydrogen) atoms. The monoisotopic (exact) mass is 398 g/mol. The van der Waals surface area contributed by atoms with Crippen LogP contribution in [0.4, 0.5) is 5.69 Å². The molecule has 3 aromatic rings. The summed E-state index contributed by atoms with van der Waals surface area (Å²) in [5.74, 6) is 0.785. The fraction of sp³-hybridized carbons (Fsp3) is 0.300. The fourth-order valence-electron chi connectivity index (χ4n) is 2.99. The van der Waals surface area contributed by atoms with Crippen LogP contribution in [-0.2, 0) is 6.42 Å². The van der Waals surface area contributed by atoms with E-state index in [4.69, 9.17) is 9.47 Å².